The fraction of sp³-hybridized carbons (Fsp3) is 0. The maximum absolute atomic E-state index is 12.9. The molecule has 0 aliphatic carbocycles. The predicted octanol–water partition coefficient (Wildman–Crippen LogP) is 5.55. The van der Waals surface area contributed by atoms with Crippen LogP contribution in [0.2, 0.25) is 0 Å². The van der Waals surface area contributed by atoms with Gasteiger partial charge in [0, 0.05) is 39.2 Å². The smallest absolute Gasteiger partial charge is 0.269 e. The fourth-order valence-corrected chi connectivity index (χ4v) is 3.79. The van der Waals surface area contributed by atoms with Gasteiger partial charge in [0.2, 0.25) is 0 Å². The highest BCUT2D eigenvalue weighted by Gasteiger charge is 2.13. The summed E-state index contributed by atoms with van der Waals surface area (Å²) in [4.78, 5) is 29.1. The molecule has 0 spiro atoms. The highest BCUT2D eigenvalue weighted by molar-refractivity contribution is 7.99. The fourth-order valence-electron chi connectivity index (χ4n) is 2.85. The number of rotatable bonds is 5. The van der Waals surface area contributed by atoms with Crippen LogP contribution in [0.25, 0.3) is 10.9 Å². The monoisotopic (exact) mass is 401 g/mol. The van der Waals surface area contributed by atoms with Crippen LogP contribution in [0.5, 0.6) is 0 Å². The summed E-state index contributed by atoms with van der Waals surface area (Å²) in [5, 5.41) is 14.7. The first-order chi connectivity index (χ1) is 14.1. The summed E-state index contributed by atoms with van der Waals surface area (Å²) in [6.45, 7) is 0. The third-order valence-electron chi connectivity index (χ3n) is 4.27. The van der Waals surface area contributed by atoms with Gasteiger partial charge in [0.1, 0.15) is 0 Å². The molecular weight excluding hydrogens is 386 g/mol. The number of aromatic nitrogens is 1. The lowest BCUT2D eigenvalue weighted by Gasteiger charge is -2.10. The Bertz CT molecular complexity index is 1210. The van der Waals surface area contributed by atoms with Crippen LogP contribution in [0, 0.1) is 10.1 Å². The highest BCUT2D eigenvalue weighted by atomic mass is 32.2. The summed E-state index contributed by atoms with van der Waals surface area (Å²) >= 11 is 1.38. The van der Waals surface area contributed by atoms with Crippen LogP contribution in [0.3, 0.4) is 0 Å². The van der Waals surface area contributed by atoms with E-state index < -0.39 is 4.92 Å². The van der Waals surface area contributed by atoms with Crippen molar-refractivity contribution in [2.24, 2.45) is 0 Å². The Labute approximate surface area is 170 Å². The van der Waals surface area contributed by atoms with Gasteiger partial charge in [-0.1, -0.05) is 36.0 Å². The maximum atomic E-state index is 12.9. The molecule has 0 saturated carbocycles. The molecular formula is C22H15N3O3S. The van der Waals surface area contributed by atoms with E-state index in [2.05, 4.69) is 10.3 Å². The lowest BCUT2D eigenvalue weighted by molar-refractivity contribution is -0.384. The lowest BCUT2D eigenvalue weighted by Crippen LogP contribution is -2.12. The van der Waals surface area contributed by atoms with E-state index in [1.165, 1.54) is 23.9 Å². The van der Waals surface area contributed by atoms with E-state index in [-0.39, 0.29) is 11.6 Å². The Morgan fingerprint density at radius 1 is 0.966 bits per heavy atom. The number of nitro groups is 1. The van der Waals surface area contributed by atoms with Gasteiger partial charge in [0.15, 0.2) is 0 Å². The number of hydrogen-bond acceptors (Lipinski definition) is 5. The number of fused-ring (bicyclic) bond motifs is 1. The number of carbonyl (C=O) groups excluding carboxylic acids is 1. The Balaban J connectivity index is 1.56. The van der Waals surface area contributed by atoms with Crippen LogP contribution in [0.4, 0.5) is 11.4 Å². The Morgan fingerprint density at radius 3 is 2.55 bits per heavy atom. The van der Waals surface area contributed by atoms with Crippen molar-refractivity contribution >= 4 is 39.9 Å². The zero-order valence-corrected chi connectivity index (χ0v) is 15.9. The molecule has 29 heavy (non-hydrogen) atoms. The SMILES string of the molecule is O=C(Nc1ccc2cccnc2c1)c1ccccc1Sc1ccc([N+](=O)[O-])cc1. The number of anilines is 1. The molecule has 1 amide bonds. The molecule has 4 rings (SSSR count). The summed E-state index contributed by atoms with van der Waals surface area (Å²) in [6, 6.07) is 22.9. The molecule has 4 aromatic rings. The number of benzene rings is 3. The number of nitrogens with zero attached hydrogens (tertiary/aromatic N) is 2. The van der Waals surface area contributed by atoms with E-state index in [0.717, 1.165) is 20.7 Å². The average Bonchev–Trinajstić information content (AvgIpc) is 2.74. The van der Waals surface area contributed by atoms with E-state index >= 15 is 0 Å². The minimum atomic E-state index is -0.436. The van der Waals surface area contributed by atoms with Crippen molar-refractivity contribution in [3.05, 3.63) is 101 Å². The predicted molar refractivity (Wildman–Crippen MR) is 113 cm³/mol. The van der Waals surface area contributed by atoms with E-state index in [4.69, 9.17) is 0 Å². The quantitative estimate of drug-likeness (QED) is 0.350. The standard InChI is InChI=1S/C22H15N3O3S/c26-22(24-16-8-7-15-4-3-13-23-20(15)14-16)19-5-1-2-6-21(19)29-18-11-9-17(10-12-18)25(27)28/h1-14H,(H,24,26). The number of pyridine rings is 1. The van der Waals surface area contributed by atoms with Gasteiger partial charge in [0.25, 0.3) is 11.6 Å². The molecule has 0 fully saturated rings. The van der Waals surface area contributed by atoms with Crippen LogP contribution in [-0.4, -0.2) is 15.8 Å². The van der Waals surface area contributed by atoms with Crippen LogP contribution < -0.4 is 5.32 Å². The van der Waals surface area contributed by atoms with Crippen molar-refractivity contribution < 1.29 is 9.72 Å². The summed E-state index contributed by atoms with van der Waals surface area (Å²) in [5.74, 6) is -0.231. The van der Waals surface area contributed by atoms with E-state index in [1.54, 1.807) is 30.5 Å². The molecule has 0 aliphatic heterocycles. The Morgan fingerprint density at radius 2 is 1.76 bits per heavy atom. The summed E-state index contributed by atoms with van der Waals surface area (Å²) < 4.78 is 0. The van der Waals surface area contributed by atoms with Crippen LogP contribution >= 0.6 is 11.8 Å². The third kappa shape index (κ3) is 4.25. The second-order valence-corrected chi connectivity index (χ2v) is 7.33. The van der Waals surface area contributed by atoms with Crippen molar-refractivity contribution in [3.8, 4) is 0 Å². The summed E-state index contributed by atoms with van der Waals surface area (Å²) in [6.07, 6.45) is 1.71. The average molecular weight is 401 g/mol. The van der Waals surface area contributed by atoms with Gasteiger partial charge >= 0.3 is 0 Å². The normalized spacial score (nSPS) is 10.6. The molecule has 0 saturated heterocycles. The molecule has 0 unspecified atom stereocenters. The van der Waals surface area contributed by atoms with Crippen molar-refractivity contribution in [2.45, 2.75) is 9.79 Å². The number of nitrogens with one attached hydrogen (secondary N) is 1. The van der Waals surface area contributed by atoms with Gasteiger partial charge < -0.3 is 5.32 Å². The molecule has 1 N–H and O–H groups in total. The zero-order chi connectivity index (χ0) is 20.2. The molecule has 0 bridgehead atoms. The first-order valence-corrected chi connectivity index (χ1v) is 9.59. The number of nitro benzene ring substituents is 1. The molecule has 7 heteroatoms. The first-order valence-electron chi connectivity index (χ1n) is 8.78. The molecule has 3 aromatic carbocycles. The molecule has 1 aromatic heterocycles. The van der Waals surface area contributed by atoms with Crippen LogP contribution in [-0.2, 0) is 0 Å². The Hall–Kier alpha value is -3.71. The molecule has 6 nitrogen and oxygen atoms in total. The zero-order valence-electron chi connectivity index (χ0n) is 15.1. The van der Waals surface area contributed by atoms with Crippen molar-refractivity contribution in [2.75, 3.05) is 5.32 Å². The van der Waals surface area contributed by atoms with E-state index in [0.29, 0.717) is 11.3 Å². The minimum Gasteiger partial charge on any atom is -0.322 e. The van der Waals surface area contributed by atoms with Gasteiger partial charge in [-0.05, 0) is 42.5 Å². The summed E-state index contributed by atoms with van der Waals surface area (Å²) in [5.41, 5.74) is 2.03. The second-order valence-electron chi connectivity index (χ2n) is 6.21. The molecule has 142 valence electrons. The number of hydrogen-bond donors (Lipinski definition) is 1. The topological polar surface area (TPSA) is 85.1 Å². The Kier molecular flexibility index (Phi) is 5.22. The number of non-ortho nitro benzene ring substituents is 1. The van der Waals surface area contributed by atoms with Gasteiger partial charge in [-0.3, -0.25) is 19.9 Å². The van der Waals surface area contributed by atoms with Gasteiger partial charge in [-0.25, -0.2) is 0 Å². The largest absolute Gasteiger partial charge is 0.322 e. The lowest BCUT2D eigenvalue weighted by atomic mass is 10.2. The van der Waals surface area contributed by atoms with Gasteiger partial charge in [0.05, 0.1) is 16.0 Å². The molecule has 0 atom stereocenters. The third-order valence-corrected chi connectivity index (χ3v) is 5.35. The first kappa shape index (κ1) is 18.6. The van der Waals surface area contributed by atoms with Crippen molar-refractivity contribution in [1.82, 2.24) is 4.98 Å². The van der Waals surface area contributed by atoms with Crippen molar-refractivity contribution in [1.29, 1.82) is 0 Å². The van der Waals surface area contributed by atoms with E-state index in [1.807, 2.05) is 42.5 Å². The number of carbonyl (C=O) groups is 1. The van der Waals surface area contributed by atoms with Crippen LogP contribution in [0.1, 0.15) is 10.4 Å². The highest BCUT2D eigenvalue weighted by Crippen LogP contribution is 2.32. The molecule has 0 aliphatic rings. The molecule has 1 heterocycles. The second kappa shape index (κ2) is 8.12. The van der Waals surface area contributed by atoms with E-state index in [9.17, 15) is 14.9 Å². The van der Waals surface area contributed by atoms with Gasteiger partial charge in [-0.15, -0.1) is 0 Å². The minimum absolute atomic E-state index is 0.0327. The number of amides is 1. The summed E-state index contributed by atoms with van der Waals surface area (Å²) in [7, 11) is 0. The van der Waals surface area contributed by atoms with Gasteiger partial charge in [-0.2, -0.15) is 0 Å². The molecule has 0 radical (unpaired) electrons. The van der Waals surface area contributed by atoms with Crippen LogP contribution in [0.15, 0.2) is 94.9 Å². The maximum Gasteiger partial charge on any atom is 0.269 e. The van der Waals surface area contributed by atoms with Crippen molar-refractivity contribution in [3.63, 3.8) is 0 Å².